The SMILES string of the molecule is CCC[C@]1(C(=O)O)CN(S(=O)(=O)c2cc(C)ccc2OCC)CC[C@@H]1O. The van der Waals surface area contributed by atoms with Crippen LogP contribution in [0.1, 0.15) is 38.7 Å². The molecule has 8 heteroatoms. The second-order valence-electron chi connectivity index (χ2n) is 6.74. The Morgan fingerprint density at radius 1 is 1.38 bits per heavy atom. The van der Waals surface area contributed by atoms with Gasteiger partial charge in [0.2, 0.25) is 10.0 Å². The van der Waals surface area contributed by atoms with Crippen molar-refractivity contribution in [3.05, 3.63) is 23.8 Å². The van der Waals surface area contributed by atoms with Crippen molar-refractivity contribution in [2.75, 3.05) is 19.7 Å². The van der Waals surface area contributed by atoms with Gasteiger partial charge < -0.3 is 14.9 Å². The Morgan fingerprint density at radius 3 is 2.65 bits per heavy atom. The number of sulfonamides is 1. The highest BCUT2D eigenvalue weighted by molar-refractivity contribution is 7.89. The maximum absolute atomic E-state index is 13.2. The molecule has 1 aliphatic heterocycles. The molecular formula is C18H27NO6S. The average molecular weight is 385 g/mol. The molecule has 0 aromatic heterocycles. The molecule has 1 aliphatic rings. The molecule has 0 bridgehead atoms. The molecule has 1 fully saturated rings. The Bertz CT molecular complexity index is 763. The number of aryl methyl sites for hydroxylation is 1. The summed E-state index contributed by atoms with van der Waals surface area (Å²) in [7, 11) is -3.95. The molecule has 0 spiro atoms. The summed E-state index contributed by atoms with van der Waals surface area (Å²) < 4.78 is 33.1. The van der Waals surface area contributed by atoms with E-state index in [1.165, 1.54) is 10.4 Å². The number of hydrogen-bond donors (Lipinski definition) is 2. The Morgan fingerprint density at radius 2 is 2.08 bits per heavy atom. The first kappa shape index (κ1) is 20.7. The molecule has 0 aliphatic carbocycles. The van der Waals surface area contributed by atoms with Crippen molar-refractivity contribution in [3.63, 3.8) is 0 Å². The summed E-state index contributed by atoms with van der Waals surface area (Å²) in [5.74, 6) is -0.915. The first-order chi connectivity index (χ1) is 12.2. The molecule has 1 aromatic rings. The lowest BCUT2D eigenvalue weighted by atomic mass is 9.74. The van der Waals surface area contributed by atoms with E-state index >= 15 is 0 Å². The van der Waals surface area contributed by atoms with Crippen LogP contribution in [0.2, 0.25) is 0 Å². The third kappa shape index (κ3) is 3.72. The minimum Gasteiger partial charge on any atom is -0.492 e. The number of carbonyl (C=O) groups is 1. The highest BCUT2D eigenvalue weighted by Gasteiger charge is 2.51. The Kier molecular flexibility index (Phi) is 6.31. The van der Waals surface area contributed by atoms with Crippen LogP contribution in [0.25, 0.3) is 0 Å². The Hall–Kier alpha value is -1.64. The summed E-state index contributed by atoms with van der Waals surface area (Å²) in [5, 5.41) is 20.1. The zero-order valence-corrected chi connectivity index (χ0v) is 16.3. The largest absolute Gasteiger partial charge is 0.492 e. The van der Waals surface area contributed by atoms with Crippen LogP contribution in [-0.2, 0) is 14.8 Å². The van der Waals surface area contributed by atoms with E-state index in [-0.39, 0.29) is 36.6 Å². The Balaban J connectivity index is 2.47. The van der Waals surface area contributed by atoms with E-state index in [2.05, 4.69) is 0 Å². The van der Waals surface area contributed by atoms with Gasteiger partial charge in [-0.3, -0.25) is 4.79 Å². The fraction of sp³-hybridized carbons (Fsp3) is 0.611. The summed E-state index contributed by atoms with van der Waals surface area (Å²) in [6.45, 7) is 5.51. The first-order valence-corrected chi connectivity index (χ1v) is 10.3. The summed E-state index contributed by atoms with van der Waals surface area (Å²) in [5.41, 5.74) is -0.725. The fourth-order valence-electron chi connectivity index (χ4n) is 3.49. The zero-order chi connectivity index (χ0) is 19.5. The summed E-state index contributed by atoms with van der Waals surface area (Å²) in [4.78, 5) is 11.9. The van der Waals surface area contributed by atoms with E-state index in [1.54, 1.807) is 26.0 Å². The van der Waals surface area contributed by atoms with E-state index in [9.17, 15) is 23.4 Å². The number of aliphatic hydroxyl groups excluding tert-OH is 1. The number of aliphatic carboxylic acids is 1. The van der Waals surface area contributed by atoms with Crippen LogP contribution in [-0.4, -0.2) is 54.7 Å². The number of carboxylic acids is 1. The van der Waals surface area contributed by atoms with Gasteiger partial charge in [0.1, 0.15) is 16.1 Å². The Labute approximate surface area is 154 Å². The van der Waals surface area contributed by atoms with Crippen LogP contribution >= 0.6 is 0 Å². The predicted molar refractivity (Wildman–Crippen MR) is 96.7 cm³/mol. The lowest BCUT2D eigenvalue weighted by Gasteiger charge is -2.42. The summed E-state index contributed by atoms with van der Waals surface area (Å²) in [6.07, 6.45) is -0.246. The average Bonchev–Trinajstić information content (AvgIpc) is 2.58. The van der Waals surface area contributed by atoms with E-state index in [1.807, 2.05) is 6.92 Å². The van der Waals surface area contributed by atoms with Gasteiger partial charge >= 0.3 is 5.97 Å². The second kappa shape index (κ2) is 7.94. The van der Waals surface area contributed by atoms with E-state index < -0.39 is 27.5 Å². The number of benzene rings is 1. The molecule has 0 unspecified atom stereocenters. The van der Waals surface area contributed by atoms with Crippen molar-refractivity contribution in [3.8, 4) is 5.75 Å². The lowest BCUT2D eigenvalue weighted by molar-refractivity contribution is -0.161. The molecule has 0 saturated carbocycles. The third-order valence-corrected chi connectivity index (χ3v) is 6.75. The van der Waals surface area contributed by atoms with Crippen LogP contribution in [0.5, 0.6) is 5.75 Å². The van der Waals surface area contributed by atoms with Crippen molar-refractivity contribution < 1.29 is 28.2 Å². The van der Waals surface area contributed by atoms with Crippen LogP contribution in [0.4, 0.5) is 0 Å². The molecule has 0 radical (unpaired) electrons. The first-order valence-electron chi connectivity index (χ1n) is 8.84. The highest BCUT2D eigenvalue weighted by atomic mass is 32.2. The number of aliphatic hydroxyl groups is 1. The van der Waals surface area contributed by atoms with Gasteiger partial charge in [-0.2, -0.15) is 4.31 Å². The van der Waals surface area contributed by atoms with Crippen molar-refractivity contribution in [1.29, 1.82) is 0 Å². The number of piperidine rings is 1. The fourth-order valence-corrected chi connectivity index (χ4v) is 5.23. The maximum Gasteiger partial charge on any atom is 0.313 e. The minimum absolute atomic E-state index is 0.0338. The van der Waals surface area contributed by atoms with Gasteiger partial charge in [0, 0.05) is 13.1 Å². The van der Waals surface area contributed by atoms with Crippen molar-refractivity contribution in [2.45, 2.75) is 51.0 Å². The van der Waals surface area contributed by atoms with E-state index in [0.29, 0.717) is 13.0 Å². The van der Waals surface area contributed by atoms with Crippen molar-refractivity contribution >= 4 is 16.0 Å². The summed E-state index contributed by atoms with van der Waals surface area (Å²) >= 11 is 0. The quantitative estimate of drug-likeness (QED) is 0.744. The van der Waals surface area contributed by atoms with Crippen LogP contribution in [0, 0.1) is 12.3 Å². The number of hydrogen-bond acceptors (Lipinski definition) is 5. The number of ether oxygens (including phenoxy) is 1. The van der Waals surface area contributed by atoms with Gasteiger partial charge in [0.25, 0.3) is 0 Å². The standard InChI is InChI=1S/C18H27NO6S/c1-4-9-18(17(21)22)12-19(10-8-16(18)20)26(23,24)15-11-13(3)6-7-14(15)25-5-2/h6-7,11,16,20H,4-5,8-10,12H2,1-3H3,(H,21,22)/t16-,18-/m0/s1. The number of carboxylic acid groups (broad SMARTS) is 1. The minimum atomic E-state index is -3.95. The van der Waals surface area contributed by atoms with Crippen LogP contribution < -0.4 is 4.74 Å². The highest BCUT2D eigenvalue weighted by Crippen LogP contribution is 2.39. The molecule has 0 amide bonds. The third-order valence-electron chi connectivity index (χ3n) is 4.89. The van der Waals surface area contributed by atoms with E-state index in [0.717, 1.165) is 5.56 Å². The monoisotopic (exact) mass is 385 g/mol. The molecule has 26 heavy (non-hydrogen) atoms. The van der Waals surface area contributed by atoms with Gasteiger partial charge in [-0.25, -0.2) is 8.42 Å². The molecule has 2 N–H and O–H groups in total. The van der Waals surface area contributed by atoms with Gasteiger partial charge in [-0.05, 0) is 44.4 Å². The summed E-state index contributed by atoms with van der Waals surface area (Å²) in [6, 6.07) is 4.91. The van der Waals surface area contributed by atoms with Gasteiger partial charge in [-0.1, -0.05) is 19.4 Å². The smallest absolute Gasteiger partial charge is 0.313 e. The van der Waals surface area contributed by atoms with Gasteiger partial charge in [-0.15, -0.1) is 0 Å². The van der Waals surface area contributed by atoms with E-state index in [4.69, 9.17) is 4.74 Å². The van der Waals surface area contributed by atoms with Gasteiger partial charge in [0.15, 0.2) is 0 Å². The van der Waals surface area contributed by atoms with Crippen molar-refractivity contribution in [1.82, 2.24) is 4.31 Å². The molecule has 2 atom stereocenters. The molecule has 146 valence electrons. The number of rotatable bonds is 7. The zero-order valence-electron chi connectivity index (χ0n) is 15.4. The predicted octanol–water partition coefficient (Wildman–Crippen LogP) is 2.02. The second-order valence-corrected chi connectivity index (χ2v) is 8.64. The lowest BCUT2D eigenvalue weighted by Crippen LogP contribution is -2.57. The molecule has 1 aromatic carbocycles. The molecule has 1 heterocycles. The normalized spacial score (nSPS) is 24.4. The van der Waals surface area contributed by atoms with Crippen LogP contribution in [0.15, 0.2) is 23.1 Å². The maximum atomic E-state index is 13.2. The van der Waals surface area contributed by atoms with Crippen molar-refractivity contribution in [2.24, 2.45) is 5.41 Å². The van der Waals surface area contributed by atoms with Gasteiger partial charge in [0.05, 0.1) is 12.7 Å². The molecule has 7 nitrogen and oxygen atoms in total. The molecule has 1 saturated heterocycles. The number of nitrogens with zero attached hydrogens (tertiary/aromatic N) is 1. The molecular weight excluding hydrogens is 358 g/mol. The van der Waals surface area contributed by atoms with Crippen LogP contribution in [0.3, 0.4) is 0 Å². The topological polar surface area (TPSA) is 104 Å². The molecule has 2 rings (SSSR count).